The average Bonchev–Trinajstić information content (AvgIpc) is 2.89. The van der Waals surface area contributed by atoms with Crippen LogP contribution in [0.1, 0.15) is 31.8 Å². The van der Waals surface area contributed by atoms with Gasteiger partial charge in [-0.15, -0.1) is 0 Å². The lowest BCUT2D eigenvalue weighted by atomic mass is 9.93. The van der Waals surface area contributed by atoms with Crippen molar-refractivity contribution in [1.82, 2.24) is 0 Å². The van der Waals surface area contributed by atoms with Crippen LogP contribution in [0.5, 0.6) is 5.75 Å². The van der Waals surface area contributed by atoms with Gasteiger partial charge in [0, 0.05) is 15.6 Å². The van der Waals surface area contributed by atoms with Gasteiger partial charge in [-0.25, -0.2) is 8.78 Å². The summed E-state index contributed by atoms with van der Waals surface area (Å²) in [5.41, 5.74) is -10.4. The Balaban J connectivity index is 1.99. The summed E-state index contributed by atoms with van der Waals surface area (Å²) in [4.78, 5) is 25.2. The standard InChI is InChI=1S/C25H12BrF10N3O3/c26-15-8-13(23(30,24(31,32)33)25(34,35)36)9-17(42-22(28)29)19(15)39-21(41)14-2-1-3-16(18(14)27)38-20(40)12-6-4-11(10-37)5-7-12/h1-9,22H,(H,38,40)(H,39,41). The summed E-state index contributed by atoms with van der Waals surface area (Å²) in [6.45, 7) is -3.87. The molecule has 0 radical (unpaired) electrons. The van der Waals surface area contributed by atoms with Crippen molar-refractivity contribution >= 4 is 39.1 Å². The molecule has 0 heterocycles. The van der Waals surface area contributed by atoms with Crippen LogP contribution in [-0.4, -0.2) is 30.8 Å². The molecule has 3 aromatic rings. The maximum Gasteiger partial charge on any atom is 0.435 e. The highest BCUT2D eigenvalue weighted by molar-refractivity contribution is 9.10. The van der Waals surface area contributed by atoms with Gasteiger partial charge in [0.05, 0.1) is 28.6 Å². The Kier molecular flexibility index (Phi) is 9.10. The lowest BCUT2D eigenvalue weighted by Gasteiger charge is -2.31. The van der Waals surface area contributed by atoms with E-state index in [0.29, 0.717) is 0 Å². The van der Waals surface area contributed by atoms with Crippen LogP contribution in [0.4, 0.5) is 55.3 Å². The van der Waals surface area contributed by atoms with Crippen LogP contribution in [0, 0.1) is 17.1 Å². The number of anilines is 2. The van der Waals surface area contributed by atoms with Gasteiger partial charge < -0.3 is 15.4 Å². The van der Waals surface area contributed by atoms with Crippen molar-refractivity contribution in [3.63, 3.8) is 0 Å². The summed E-state index contributed by atoms with van der Waals surface area (Å²) in [5.74, 6) is -5.25. The molecular weight excluding hydrogens is 660 g/mol. The van der Waals surface area contributed by atoms with Crippen LogP contribution < -0.4 is 15.4 Å². The predicted molar refractivity (Wildman–Crippen MR) is 129 cm³/mol. The van der Waals surface area contributed by atoms with Gasteiger partial charge in [0.1, 0.15) is 0 Å². The minimum atomic E-state index is -6.59. The fourth-order valence-electron chi connectivity index (χ4n) is 3.45. The van der Waals surface area contributed by atoms with Crippen molar-refractivity contribution in [3.8, 4) is 11.8 Å². The van der Waals surface area contributed by atoms with Crippen LogP contribution in [-0.2, 0) is 5.67 Å². The Morgan fingerprint density at radius 2 is 1.48 bits per heavy atom. The van der Waals surface area contributed by atoms with Crippen molar-refractivity contribution in [2.75, 3.05) is 10.6 Å². The van der Waals surface area contributed by atoms with Gasteiger partial charge in [-0.05, 0) is 64.5 Å². The molecule has 0 aliphatic carbocycles. The number of nitriles is 1. The summed E-state index contributed by atoms with van der Waals surface area (Å²) in [6, 6.07) is 9.46. The first-order chi connectivity index (χ1) is 19.4. The second-order valence-corrected chi connectivity index (χ2v) is 8.98. The predicted octanol–water partition coefficient (Wildman–Crippen LogP) is 7.86. The molecule has 0 saturated heterocycles. The number of nitrogens with zero attached hydrogens (tertiary/aromatic N) is 1. The zero-order valence-electron chi connectivity index (χ0n) is 20.1. The van der Waals surface area contributed by atoms with Gasteiger partial charge in [-0.3, -0.25) is 9.59 Å². The van der Waals surface area contributed by atoms with E-state index in [-0.39, 0.29) is 23.3 Å². The van der Waals surface area contributed by atoms with Crippen molar-refractivity contribution in [3.05, 3.63) is 87.1 Å². The second-order valence-electron chi connectivity index (χ2n) is 8.13. The average molecular weight is 672 g/mol. The molecule has 0 unspecified atom stereocenters. The van der Waals surface area contributed by atoms with E-state index >= 15 is 4.39 Å². The van der Waals surface area contributed by atoms with Crippen molar-refractivity contribution < 1.29 is 58.2 Å². The maximum absolute atomic E-state index is 15.1. The van der Waals surface area contributed by atoms with E-state index in [1.165, 1.54) is 24.3 Å². The number of hydrogen-bond acceptors (Lipinski definition) is 4. The molecule has 222 valence electrons. The lowest BCUT2D eigenvalue weighted by Crippen LogP contribution is -2.50. The van der Waals surface area contributed by atoms with Gasteiger partial charge in [0.2, 0.25) is 0 Å². The van der Waals surface area contributed by atoms with Gasteiger partial charge in [-0.1, -0.05) is 6.07 Å². The van der Waals surface area contributed by atoms with E-state index in [1.54, 1.807) is 0 Å². The number of hydrogen-bond donors (Lipinski definition) is 2. The van der Waals surface area contributed by atoms with E-state index in [0.717, 1.165) is 18.2 Å². The van der Waals surface area contributed by atoms with E-state index in [4.69, 9.17) is 5.26 Å². The third-order valence-corrected chi connectivity index (χ3v) is 6.08. The van der Waals surface area contributed by atoms with Crippen LogP contribution in [0.25, 0.3) is 0 Å². The second kappa shape index (κ2) is 11.9. The fourth-order valence-corrected chi connectivity index (χ4v) is 4.00. The van der Waals surface area contributed by atoms with Crippen molar-refractivity contribution in [2.45, 2.75) is 24.6 Å². The SMILES string of the molecule is N#Cc1ccc(C(=O)Nc2cccc(C(=O)Nc3c(Br)cc(C(F)(C(F)(F)F)C(F)(F)F)cc3OC(F)F)c2F)cc1. The number of nitrogens with one attached hydrogen (secondary N) is 2. The number of rotatable bonds is 7. The Bertz CT molecular complexity index is 1540. The first kappa shape index (κ1) is 32.2. The molecule has 2 amide bonds. The number of alkyl halides is 9. The van der Waals surface area contributed by atoms with Crippen molar-refractivity contribution in [2.24, 2.45) is 0 Å². The van der Waals surface area contributed by atoms with Gasteiger partial charge >= 0.3 is 24.6 Å². The number of carbonyl (C=O) groups is 2. The largest absolute Gasteiger partial charge is 0.435 e. The maximum atomic E-state index is 15.1. The summed E-state index contributed by atoms with van der Waals surface area (Å²) >= 11 is 2.50. The summed E-state index contributed by atoms with van der Waals surface area (Å²) < 4.78 is 138. The van der Waals surface area contributed by atoms with E-state index < -0.39 is 75.0 Å². The van der Waals surface area contributed by atoms with Crippen LogP contribution in [0.3, 0.4) is 0 Å². The highest BCUT2D eigenvalue weighted by atomic mass is 79.9. The molecule has 42 heavy (non-hydrogen) atoms. The number of ether oxygens (including phenoxy) is 1. The summed E-state index contributed by atoms with van der Waals surface area (Å²) in [6.07, 6.45) is -13.2. The Morgan fingerprint density at radius 3 is 2.00 bits per heavy atom. The third-order valence-electron chi connectivity index (χ3n) is 5.46. The highest BCUT2D eigenvalue weighted by Crippen LogP contribution is 2.55. The van der Waals surface area contributed by atoms with Crippen LogP contribution >= 0.6 is 15.9 Å². The molecule has 0 aromatic heterocycles. The third kappa shape index (κ3) is 6.43. The smallest absolute Gasteiger partial charge is 0.433 e. The molecule has 0 bridgehead atoms. The first-order valence-corrected chi connectivity index (χ1v) is 11.7. The van der Waals surface area contributed by atoms with Gasteiger partial charge in [0.25, 0.3) is 11.8 Å². The van der Waals surface area contributed by atoms with Crippen LogP contribution in [0.15, 0.2) is 59.1 Å². The Labute approximate surface area is 237 Å². The molecule has 0 aliphatic heterocycles. The molecule has 0 spiro atoms. The zero-order valence-corrected chi connectivity index (χ0v) is 21.7. The molecule has 0 fully saturated rings. The molecule has 3 rings (SSSR count). The topological polar surface area (TPSA) is 91.2 Å². The number of benzene rings is 3. The number of halogens is 11. The molecule has 0 saturated carbocycles. The molecule has 6 nitrogen and oxygen atoms in total. The highest BCUT2D eigenvalue weighted by Gasteiger charge is 2.73. The minimum absolute atomic E-state index is 0.0114. The number of carbonyl (C=O) groups excluding carboxylic acids is 2. The van der Waals surface area contributed by atoms with Gasteiger partial charge in [-0.2, -0.15) is 40.4 Å². The normalized spacial score (nSPS) is 12.1. The summed E-state index contributed by atoms with van der Waals surface area (Å²) in [5, 5.41) is 12.8. The molecular formula is C25H12BrF10N3O3. The van der Waals surface area contributed by atoms with E-state index in [2.05, 4.69) is 26.0 Å². The van der Waals surface area contributed by atoms with E-state index in [1.807, 2.05) is 11.4 Å². The summed E-state index contributed by atoms with van der Waals surface area (Å²) in [7, 11) is 0. The Hall–Kier alpha value is -4.33. The quantitative estimate of drug-likeness (QED) is 0.250. The molecule has 2 N–H and O–H groups in total. The Morgan fingerprint density at radius 1 is 0.881 bits per heavy atom. The molecule has 0 atom stereocenters. The molecule has 3 aromatic carbocycles. The fraction of sp³-hybridized carbons (Fsp3) is 0.160. The van der Waals surface area contributed by atoms with Crippen molar-refractivity contribution in [1.29, 1.82) is 5.26 Å². The van der Waals surface area contributed by atoms with Crippen LogP contribution in [0.2, 0.25) is 0 Å². The first-order valence-electron chi connectivity index (χ1n) is 10.9. The molecule has 17 heteroatoms. The van der Waals surface area contributed by atoms with Gasteiger partial charge in [0.15, 0.2) is 11.6 Å². The number of amides is 2. The minimum Gasteiger partial charge on any atom is -0.433 e. The monoisotopic (exact) mass is 671 g/mol. The lowest BCUT2D eigenvalue weighted by molar-refractivity contribution is -0.348. The molecule has 0 aliphatic rings. The van der Waals surface area contributed by atoms with E-state index in [9.17, 15) is 49.1 Å². The zero-order chi connectivity index (χ0) is 31.6.